The zero-order valence-corrected chi connectivity index (χ0v) is 32.6. The summed E-state index contributed by atoms with van der Waals surface area (Å²) in [5.41, 5.74) is 7.07. The Bertz CT molecular complexity index is 2300. The van der Waals surface area contributed by atoms with E-state index in [2.05, 4.69) is 160 Å². The van der Waals surface area contributed by atoms with E-state index in [0.717, 1.165) is 23.0 Å². The summed E-state index contributed by atoms with van der Waals surface area (Å²) in [4.78, 5) is 5.65. The van der Waals surface area contributed by atoms with Gasteiger partial charge in [-0.05, 0) is 98.4 Å². The second-order valence-electron chi connectivity index (χ2n) is 17.1. The first-order chi connectivity index (χ1) is 23.6. The van der Waals surface area contributed by atoms with E-state index in [1.54, 1.807) is 0 Å². The molecule has 2 nitrogen and oxygen atoms in total. The number of hydrogen-bond donors (Lipinski definition) is 0. The van der Waals surface area contributed by atoms with Gasteiger partial charge in [0.05, 0.1) is 6.04 Å². The monoisotopic (exact) mass is 663 g/mol. The molecule has 2 unspecified atom stereocenters. The predicted molar refractivity (Wildman–Crippen MR) is 221 cm³/mol. The lowest BCUT2D eigenvalue weighted by Gasteiger charge is -2.37. The Kier molecular flexibility index (Phi) is 9.40. The fourth-order valence-corrected chi connectivity index (χ4v) is 7.46. The van der Waals surface area contributed by atoms with Crippen LogP contribution in [0.4, 0.5) is 0 Å². The van der Waals surface area contributed by atoms with Crippen molar-refractivity contribution in [3.05, 3.63) is 96.6 Å². The number of aliphatic imine (C=N–C) groups is 1. The lowest BCUT2D eigenvalue weighted by Crippen LogP contribution is -2.27. The Balaban J connectivity index is 0.00000212. The van der Waals surface area contributed by atoms with Gasteiger partial charge in [0.2, 0.25) is 0 Å². The Labute approximate surface area is 300 Å². The van der Waals surface area contributed by atoms with Crippen molar-refractivity contribution in [2.45, 2.75) is 102 Å². The third kappa shape index (κ3) is 6.32. The van der Waals surface area contributed by atoms with Crippen molar-refractivity contribution in [3.8, 4) is 11.1 Å². The molecule has 0 spiro atoms. The molecule has 1 aromatic heterocycles. The van der Waals surface area contributed by atoms with Crippen molar-refractivity contribution < 1.29 is 4.42 Å². The van der Waals surface area contributed by atoms with E-state index in [4.69, 9.17) is 9.41 Å². The molecule has 0 aliphatic rings. The number of fused-ring (bicyclic) bond motifs is 4. The maximum absolute atomic E-state index is 6.75. The molecule has 0 radical (unpaired) electrons. The van der Waals surface area contributed by atoms with Crippen molar-refractivity contribution in [3.63, 3.8) is 0 Å². The Hall–Kier alpha value is -4.17. The quantitative estimate of drug-likeness (QED) is 0.123. The van der Waals surface area contributed by atoms with Gasteiger partial charge >= 0.3 is 0 Å². The van der Waals surface area contributed by atoms with Gasteiger partial charge in [0.25, 0.3) is 0 Å². The molecule has 260 valence electrons. The number of benzene rings is 6. The molecule has 7 aromatic rings. The molecule has 0 saturated carbocycles. The summed E-state index contributed by atoms with van der Waals surface area (Å²) >= 11 is 0. The summed E-state index contributed by atoms with van der Waals surface area (Å²) in [6.07, 6.45) is 2.28. The molecule has 0 fully saturated rings. The van der Waals surface area contributed by atoms with Gasteiger partial charge in [-0.3, -0.25) is 4.99 Å². The molecule has 2 atom stereocenters. The van der Waals surface area contributed by atoms with Crippen LogP contribution in [0.2, 0.25) is 0 Å². The summed E-state index contributed by atoms with van der Waals surface area (Å²) < 4.78 is 6.75. The van der Waals surface area contributed by atoms with E-state index >= 15 is 0 Å². The second kappa shape index (κ2) is 13.2. The van der Waals surface area contributed by atoms with Crippen LogP contribution in [-0.2, 0) is 0 Å². The van der Waals surface area contributed by atoms with E-state index in [1.807, 2.05) is 13.8 Å². The Morgan fingerprint density at radius 1 is 0.680 bits per heavy atom. The number of rotatable bonds is 7. The fourth-order valence-electron chi connectivity index (χ4n) is 7.46. The third-order valence-electron chi connectivity index (χ3n) is 11.5. The van der Waals surface area contributed by atoms with Crippen LogP contribution in [-0.4, -0.2) is 5.71 Å². The topological polar surface area (TPSA) is 25.5 Å². The van der Waals surface area contributed by atoms with Crippen LogP contribution < -0.4 is 0 Å². The van der Waals surface area contributed by atoms with Gasteiger partial charge in [0.1, 0.15) is 11.2 Å². The van der Waals surface area contributed by atoms with Crippen molar-refractivity contribution in [2.75, 3.05) is 0 Å². The van der Waals surface area contributed by atoms with E-state index in [9.17, 15) is 0 Å². The largest absolute Gasteiger partial charge is 0.455 e. The zero-order chi connectivity index (χ0) is 36.2. The highest BCUT2D eigenvalue weighted by Gasteiger charge is 2.35. The van der Waals surface area contributed by atoms with Gasteiger partial charge in [-0.15, -0.1) is 0 Å². The summed E-state index contributed by atoms with van der Waals surface area (Å²) in [5, 5.41) is 9.94. The third-order valence-corrected chi connectivity index (χ3v) is 11.5. The highest BCUT2D eigenvalue weighted by molar-refractivity contribution is 6.34. The maximum Gasteiger partial charge on any atom is 0.143 e. The van der Waals surface area contributed by atoms with Crippen LogP contribution in [0.5, 0.6) is 0 Å². The van der Waals surface area contributed by atoms with E-state index < -0.39 is 0 Å². The van der Waals surface area contributed by atoms with Crippen LogP contribution >= 0.6 is 0 Å². The molecule has 0 amide bonds. The van der Waals surface area contributed by atoms with Crippen LogP contribution in [0.3, 0.4) is 0 Å². The molecule has 6 aromatic carbocycles. The first-order valence-corrected chi connectivity index (χ1v) is 18.8. The van der Waals surface area contributed by atoms with Crippen molar-refractivity contribution in [1.82, 2.24) is 0 Å². The van der Waals surface area contributed by atoms with Crippen LogP contribution in [0, 0.1) is 22.2 Å². The van der Waals surface area contributed by atoms with E-state index in [1.165, 1.54) is 66.5 Å². The zero-order valence-electron chi connectivity index (χ0n) is 32.6. The first kappa shape index (κ1) is 35.6. The standard InChI is InChI=1S/C46H51NO.C2H6/c1-28(44(3,4)5)24-25-46(9,10)43(47-29(2)45(6,7)8)35-23-21-31-26-36(30-16-12-11-13-17-30)41-40-32(20-22-34(35)39(31)40)27-37-33-18-14-15-19-38(33)48-42(37)41;1-2/h11-23,26-28,43H,24-25H2,1-10H3;1-2H3. The molecular weight excluding hydrogens is 607 g/mol. The first-order valence-electron chi connectivity index (χ1n) is 18.8. The van der Waals surface area contributed by atoms with Gasteiger partial charge in [0.15, 0.2) is 0 Å². The average Bonchev–Trinajstić information content (AvgIpc) is 3.46. The highest BCUT2D eigenvalue weighted by Crippen LogP contribution is 2.50. The smallest absolute Gasteiger partial charge is 0.143 e. The minimum absolute atomic E-state index is 0.00565. The van der Waals surface area contributed by atoms with Crippen LogP contribution in [0.25, 0.3) is 65.4 Å². The highest BCUT2D eigenvalue weighted by atomic mass is 16.3. The van der Waals surface area contributed by atoms with Gasteiger partial charge in [0, 0.05) is 27.3 Å². The second-order valence-corrected chi connectivity index (χ2v) is 17.1. The summed E-state index contributed by atoms with van der Waals surface area (Å²) in [7, 11) is 0. The number of furan rings is 1. The summed E-state index contributed by atoms with van der Waals surface area (Å²) in [5.74, 6) is 0.620. The molecule has 0 saturated heterocycles. The van der Waals surface area contributed by atoms with Gasteiger partial charge in [-0.1, -0.05) is 149 Å². The summed E-state index contributed by atoms with van der Waals surface area (Å²) in [6, 6.07) is 33.5. The normalized spacial score (nSPS) is 14.5. The Morgan fingerprint density at radius 3 is 2.00 bits per heavy atom. The van der Waals surface area contributed by atoms with Crippen molar-refractivity contribution in [2.24, 2.45) is 27.2 Å². The maximum atomic E-state index is 6.75. The number of para-hydroxylation sites is 1. The lowest BCUT2D eigenvalue weighted by molar-refractivity contribution is 0.187. The SMILES string of the molecule is CC.CC(=NC(c1ccc2cc(-c3ccccc3)c3c4oc5ccccc5c4cc4ccc1c2c43)C(C)(C)CCC(C)C(C)(C)C)C(C)(C)C. The lowest BCUT2D eigenvalue weighted by atomic mass is 9.71. The fraction of sp³-hybridized carbons (Fsp3) is 0.396. The minimum Gasteiger partial charge on any atom is -0.455 e. The molecule has 0 aliphatic heterocycles. The molecule has 0 aliphatic carbocycles. The van der Waals surface area contributed by atoms with E-state index in [-0.39, 0.29) is 22.3 Å². The number of nitrogens with zero attached hydrogens (tertiary/aromatic N) is 1. The van der Waals surface area contributed by atoms with Crippen molar-refractivity contribution in [1.29, 1.82) is 0 Å². The predicted octanol–water partition coefficient (Wildman–Crippen LogP) is 15.2. The van der Waals surface area contributed by atoms with E-state index in [0.29, 0.717) is 5.92 Å². The van der Waals surface area contributed by atoms with Crippen LogP contribution in [0.15, 0.2) is 100 Å². The average molecular weight is 664 g/mol. The van der Waals surface area contributed by atoms with Crippen molar-refractivity contribution >= 4 is 60.0 Å². The minimum atomic E-state index is -0.0455. The Morgan fingerprint density at radius 2 is 1.32 bits per heavy atom. The van der Waals surface area contributed by atoms with Gasteiger partial charge < -0.3 is 4.42 Å². The molecule has 50 heavy (non-hydrogen) atoms. The van der Waals surface area contributed by atoms with Gasteiger partial charge in [-0.25, -0.2) is 0 Å². The molecule has 1 heterocycles. The number of hydrogen-bond acceptors (Lipinski definition) is 2. The van der Waals surface area contributed by atoms with Crippen LogP contribution in [0.1, 0.15) is 108 Å². The molecular formula is C48H57NO. The van der Waals surface area contributed by atoms with Gasteiger partial charge in [-0.2, -0.15) is 0 Å². The summed E-state index contributed by atoms with van der Waals surface area (Å²) in [6.45, 7) is 27.5. The molecule has 0 N–H and O–H groups in total. The molecule has 2 heteroatoms. The molecule has 0 bridgehead atoms. The molecule has 7 rings (SSSR count).